The van der Waals surface area contributed by atoms with Crippen LogP contribution in [0.4, 0.5) is 0 Å². The number of carbonyl (C=O) groups excluding carboxylic acids is 1. The number of esters is 1. The van der Waals surface area contributed by atoms with E-state index >= 15 is 0 Å². The van der Waals surface area contributed by atoms with Crippen molar-refractivity contribution in [1.29, 1.82) is 0 Å². The van der Waals surface area contributed by atoms with Crippen molar-refractivity contribution < 1.29 is 9.53 Å². The van der Waals surface area contributed by atoms with Crippen molar-refractivity contribution in [3.8, 4) is 0 Å². The van der Waals surface area contributed by atoms with E-state index in [0.717, 1.165) is 5.56 Å². The molecular weight excluding hydrogens is 188 g/mol. The molecule has 0 aromatic heterocycles. The Kier molecular flexibility index (Phi) is 3.89. The van der Waals surface area contributed by atoms with E-state index in [-0.39, 0.29) is 5.97 Å². The molecule has 0 aliphatic heterocycles. The Bertz CT molecular complexity index is 315. The Balaban J connectivity index is 2.68. The van der Waals surface area contributed by atoms with E-state index in [0.29, 0.717) is 13.0 Å². The molecular formula is C13H18O2. The molecule has 0 spiro atoms. The van der Waals surface area contributed by atoms with Crippen molar-refractivity contribution in [3.63, 3.8) is 0 Å². The number of ether oxygens (including phenoxy) is 1. The number of carbonyl (C=O) groups is 1. The molecule has 0 fully saturated rings. The molecule has 2 heteroatoms. The minimum atomic E-state index is -0.447. The van der Waals surface area contributed by atoms with Crippen LogP contribution in [0.15, 0.2) is 30.3 Å². The van der Waals surface area contributed by atoms with Crippen molar-refractivity contribution in [2.24, 2.45) is 5.41 Å². The second-order valence-corrected chi connectivity index (χ2v) is 4.27. The smallest absolute Gasteiger partial charge is 0.311 e. The van der Waals surface area contributed by atoms with Gasteiger partial charge in [0.2, 0.25) is 0 Å². The lowest BCUT2D eigenvalue weighted by Gasteiger charge is -2.22. The predicted molar refractivity (Wildman–Crippen MR) is 60.6 cm³/mol. The fourth-order valence-corrected chi connectivity index (χ4v) is 1.50. The van der Waals surface area contributed by atoms with Crippen molar-refractivity contribution in [2.75, 3.05) is 6.61 Å². The van der Waals surface area contributed by atoms with Crippen LogP contribution < -0.4 is 0 Å². The van der Waals surface area contributed by atoms with Crippen LogP contribution in [-0.2, 0) is 16.0 Å². The first kappa shape index (κ1) is 11.8. The fourth-order valence-electron chi connectivity index (χ4n) is 1.50. The van der Waals surface area contributed by atoms with Gasteiger partial charge in [0.05, 0.1) is 12.0 Å². The minimum absolute atomic E-state index is 0.131. The first-order valence-electron chi connectivity index (χ1n) is 5.27. The van der Waals surface area contributed by atoms with Crippen LogP contribution in [0.5, 0.6) is 0 Å². The van der Waals surface area contributed by atoms with Gasteiger partial charge in [0, 0.05) is 0 Å². The van der Waals surface area contributed by atoms with E-state index in [1.807, 2.05) is 51.1 Å². The SMILES string of the molecule is CCOC(=O)C(C)(C)Cc1ccccc1. The maximum atomic E-state index is 11.6. The summed E-state index contributed by atoms with van der Waals surface area (Å²) in [5.74, 6) is -0.131. The third kappa shape index (κ3) is 3.39. The molecule has 0 atom stereocenters. The Morgan fingerprint density at radius 3 is 2.40 bits per heavy atom. The van der Waals surface area contributed by atoms with Gasteiger partial charge in [0.1, 0.15) is 0 Å². The van der Waals surface area contributed by atoms with Gasteiger partial charge < -0.3 is 4.74 Å². The third-order valence-electron chi connectivity index (χ3n) is 2.32. The van der Waals surface area contributed by atoms with E-state index in [4.69, 9.17) is 4.74 Å². The largest absolute Gasteiger partial charge is 0.466 e. The number of benzene rings is 1. The summed E-state index contributed by atoms with van der Waals surface area (Å²) in [6, 6.07) is 10.00. The van der Waals surface area contributed by atoms with Crippen molar-refractivity contribution in [2.45, 2.75) is 27.2 Å². The molecule has 1 aromatic rings. The molecule has 0 bridgehead atoms. The van der Waals surface area contributed by atoms with Crippen molar-refractivity contribution in [3.05, 3.63) is 35.9 Å². The molecule has 15 heavy (non-hydrogen) atoms. The van der Waals surface area contributed by atoms with Gasteiger partial charge in [0.15, 0.2) is 0 Å². The summed E-state index contributed by atoms with van der Waals surface area (Å²) in [5, 5.41) is 0. The second kappa shape index (κ2) is 4.96. The fraction of sp³-hybridized carbons (Fsp3) is 0.462. The molecule has 0 N–H and O–H groups in total. The Morgan fingerprint density at radius 1 is 1.27 bits per heavy atom. The highest BCUT2D eigenvalue weighted by Gasteiger charge is 2.29. The highest BCUT2D eigenvalue weighted by atomic mass is 16.5. The van der Waals surface area contributed by atoms with Gasteiger partial charge in [0.25, 0.3) is 0 Å². The maximum Gasteiger partial charge on any atom is 0.311 e. The molecule has 1 rings (SSSR count). The standard InChI is InChI=1S/C13H18O2/c1-4-15-12(14)13(2,3)10-11-8-6-5-7-9-11/h5-9H,4,10H2,1-3H3. The molecule has 0 saturated carbocycles. The maximum absolute atomic E-state index is 11.6. The Hall–Kier alpha value is -1.31. The first-order chi connectivity index (χ1) is 7.06. The van der Waals surface area contributed by atoms with Crippen LogP contribution >= 0.6 is 0 Å². The van der Waals surface area contributed by atoms with Crippen LogP contribution in [0.2, 0.25) is 0 Å². The lowest BCUT2D eigenvalue weighted by Crippen LogP contribution is -2.28. The number of hydrogen-bond donors (Lipinski definition) is 0. The van der Waals surface area contributed by atoms with E-state index in [9.17, 15) is 4.79 Å². The van der Waals surface area contributed by atoms with E-state index in [1.54, 1.807) is 0 Å². The third-order valence-corrected chi connectivity index (χ3v) is 2.32. The van der Waals surface area contributed by atoms with Crippen LogP contribution in [0.3, 0.4) is 0 Å². The molecule has 0 saturated heterocycles. The predicted octanol–water partition coefficient (Wildman–Crippen LogP) is 2.82. The monoisotopic (exact) mass is 206 g/mol. The summed E-state index contributed by atoms with van der Waals surface area (Å²) in [7, 11) is 0. The summed E-state index contributed by atoms with van der Waals surface area (Å²) in [6.07, 6.45) is 0.715. The minimum Gasteiger partial charge on any atom is -0.466 e. The Labute approximate surface area is 91.3 Å². The quantitative estimate of drug-likeness (QED) is 0.708. The Morgan fingerprint density at radius 2 is 1.87 bits per heavy atom. The number of hydrogen-bond acceptors (Lipinski definition) is 2. The molecule has 2 nitrogen and oxygen atoms in total. The van der Waals surface area contributed by atoms with Crippen LogP contribution in [0.25, 0.3) is 0 Å². The molecule has 0 unspecified atom stereocenters. The summed E-state index contributed by atoms with van der Waals surface area (Å²) in [6.45, 7) is 6.10. The van der Waals surface area contributed by atoms with E-state index < -0.39 is 5.41 Å². The lowest BCUT2D eigenvalue weighted by molar-refractivity contribution is -0.153. The highest BCUT2D eigenvalue weighted by Crippen LogP contribution is 2.23. The first-order valence-corrected chi connectivity index (χ1v) is 5.27. The summed E-state index contributed by atoms with van der Waals surface area (Å²) >= 11 is 0. The van der Waals surface area contributed by atoms with Crippen LogP contribution in [0, 0.1) is 5.41 Å². The molecule has 1 aromatic carbocycles. The van der Waals surface area contributed by atoms with Gasteiger partial charge in [-0.1, -0.05) is 30.3 Å². The molecule has 0 radical (unpaired) electrons. The van der Waals surface area contributed by atoms with Crippen molar-refractivity contribution >= 4 is 5.97 Å². The molecule has 0 aliphatic carbocycles. The van der Waals surface area contributed by atoms with Gasteiger partial charge >= 0.3 is 5.97 Å². The molecule has 0 aliphatic rings. The zero-order chi connectivity index (χ0) is 11.3. The average molecular weight is 206 g/mol. The van der Waals surface area contributed by atoms with Gasteiger partial charge in [-0.15, -0.1) is 0 Å². The zero-order valence-electron chi connectivity index (χ0n) is 9.62. The van der Waals surface area contributed by atoms with Crippen LogP contribution in [0.1, 0.15) is 26.3 Å². The second-order valence-electron chi connectivity index (χ2n) is 4.27. The van der Waals surface area contributed by atoms with Gasteiger partial charge in [-0.3, -0.25) is 4.79 Å². The van der Waals surface area contributed by atoms with Gasteiger partial charge in [-0.05, 0) is 32.8 Å². The average Bonchev–Trinajstić information content (AvgIpc) is 2.19. The summed E-state index contributed by atoms with van der Waals surface area (Å²) in [5.41, 5.74) is 0.715. The summed E-state index contributed by atoms with van der Waals surface area (Å²) in [4.78, 5) is 11.6. The van der Waals surface area contributed by atoms with E-state index in [1.165, 1.54) is 0 Å². The normalized spacial score (nSPS) is 11.1. The highest BCUT2D eigenvalue weighted by molar-refractivity contribution is 5.76. The summed E-state index contributed by atoms with van der Waals surface area (Å²) < 4.78 is 5.04. The topological polar surface area (TPSA) is 26.3 Å². The van der Waals surface area contributed by atoms with Gasteiger partial charge in [-0.25, -0.2) is 0 Å². The van der Waals surface area contributed by atoms with Gasteiger partial charge in [-0.2, -0.15) is 0 Å². The molecule has 0 amide bonds. The zero-order valence-corrected chi connectivity index (χ0v) is 9.62. The van der Waals surface area contributed by atoms with Crippen LogP contribution in [-0.4, -0.2) is 12.6 Å². The lowest BCUT2D eigenvalue weighted by atomic mass is 9.86. The van der Waals surface area contributed by atoms with E-state index in [2.05, 4.69) is 0 Å². The number of rotatable bonds is 4. The molecule has 0 heterocycles. The molecule has 82 valence electrons. The van der Waals surface area contributed by atoms with Crippen molar-refractivity contribution in [1.82, 2.24) is 0 Å².